The summed E-state index contributed by atoms with van der Waals surface area (Å²) < 4.78 is 0. The number of carboxylic acid groups (broad SMARTS) is 1. The van der Waals surface area contributed by atoms with Crippen LogP contribution in [0.1, 0.15) is 57.0 Å². The lowest BCUT2D eigenvalue weighted by molar-refractivity contribution is -0.150. The molecule has 1 unspecified atom stereocenters. The van der Waals surface area contributed by atoms with Crippen LogP contribution in [0.4, 0.5) is 0 Å². The van der Waals surface area contributed by atoms with Gasteiger partial charge >= 0.3 is 5.97 Å². The number of hydrogen-bond acceptors (Lipinski definition) is 4. The number of carbonyl (C=O) groups is 2. The van der Waals surface area contributed by atoms with E-state index in [-0.39, 0.29) is 23.7 Å². The lowest BCUT2D eigenvalue weighted by Crippen LogP contribution is -2.48. The zero-order valence-electron chi connectivity index (χ0n) is 12.9. The molecule has 2 N–H and O–H groups in total. The van der Waals surface area contributed by atoms with Gasteiger partial charge in [0, 0.05) is 18.5 Å². The molecule has 1 aromatic heterocycles. The van der Waals surface area contributed by atoms with Crippen molar-refractivity contribution >= 4 is 11.9 Å². The molecule has 2 heterocycles. The molecule has 116 valence electrons. The quantitative estimate of drug-likeness (QED) is 0.859. The lowest BCUT2D eigenvalue weighted by Gasteiger charge is -2.36. The van der Waals surface area contributed by atoms with Crippen molar-refractivity contribution < 1.29 is 14.7 Å². The first-order valence-corrected chi connectivity index (χ1v) is 7.09. The van der Waals surface area contributed by atoms with E-state index in [1.54, 1.807) is 6.92 Å². The first-order chi connectivity index (χ1) is 9.63. The van der Waals surface area contributed by atoms with E-state index >= 15 is 0 Å². The van der Waals surface area contributed by atoms with E-state index in [1.165, 1.54) is 4.90 Å². The molecule has 2 rings (SSSR count). The van der Waals surface area contributed by atoms with E-state index in [9.17, 15) is 14.7 Å². The second-order valence-electron chi connectivity index (χ2n) is 6.95. The fraction of sp³-hybridized carbons (Fsp3) is 0.714. The standard InChI is InChI=1S/C14H22N4O3/c1-13(2,3)11-15-9(16-17-11)10(19)18-7-5-6-14(4,8-18)12(20)21/h5-8H2,1-4H3,(H,20,21)(H,15,16,17). The van der Waals surface area contributed by atoms with Gasteiger partial charge in [-0.2, -0.15) is 0 Å². The summed E-state index contributed by atoms with van der Waals surface area (Å²) in [6.07, 6.45) is 1.25. The smallest absolute Gasteiger partial charge is 0.311 e. The van der Waals surface area contributed by atoms with Crippen molar-refractivity contribution in [3.8, 4) is 0 Å². The Balaban J connectivity index is 2.17. The molecule has 0 spiro atoms. The van der Waals surface area contributed by atoms with Gasteiger partial charge in [-0.15, -0.1) is 5.10 Å². The summed E-state index contributed by atoms with van der Waals surface area (Å²) in [6.45, 7) is 8.34. The number of carbonyl (C=O) groups excluding carboxylic acids is 1. The van der Waals surface area contributed by atoms with Gasteiger partial charge in [0.05, 0.1) is 5.41 Å². The Kier molecular flexibility index (Phi) is 3.78. The molecule has 7 nitrogen and oxygen atoms in total. The zero-order chi connectivity index (χ0) is 15.8. The van der Waals surface area contributed by atoms with Gasteiger partial charge in [0.1, 0.15) is 5.82 Å². The highest BCUT2D eigenvalue weighted by Gasteiger charge is 2.40. The average molecular weight is 294 g/mol. The van der Waals surface area contributed by atoms with Gasteiger partial charge in [-0.05, 0) is 19.8 Å². The summed E-state index contributed by atoms with van der Waals surface area (Å²) in [5, 5.41) is 16.1. The van der Waals surface area contributed by atoms with E-state index in [4.69, 9.17) is 0 Å². The summed E-state index contributed by atoms with van der Waals surface area (Å²) >= 11 is 0. The summed E-state index contributed by atoms with van der Waals surface area (Å²) in [7, 11) is 0. The minimum atomic E-state index is -0.892. The number of nitrogens with zero attached hydrogens (tertiary/aromatic N) is 3. The molecule has 0 aliphatic carbocycles. The maximum atomic E-state index is 12.4. The third kappa shape index (κ3) is 3.06. The van der Waals surface area contributed by atoms with Crippen molar-refractivity contribution in [3.63, 3.8) is 0 Å². The predicted octanol–water partition coefficient (Wildman–Crippen LogP) is 1.43. The molecule has 0 aromatic carbocycles. The van der Waals surface area contributed by atoms with Crippen molar-refractivity contribution in [2.45, 2.75) is 46.0 Å². The molecular formula is C14H22N4O3. The summed E-state index contributed by atoms with van der Waals surface area (Å²) in [6, 6.07) is 0. The molecule has 1 atom stereocenters. The van der Waals surface area contributed by atoms with Crippen molar-refractivity contribution in [1.29, 1.82) is 0 Å². The number of hydrogen-bond donors (Lipinski definition) is 2. The first-order valence-electron chi connectivity index (χ1n) is 7.09. The average Bonchev–Trinajstić information content (AvgIpc) is 2.87. The van der Waals surface area contributed by atoms with Gasteiger partial charge in [-0.25, -0.2) is 4.98 Å². The molecule has 0 bridgehead atoms. The molecule has 0 saturated carbocycles. The van der Waals surface area contributed by atoms with Crippen LogP contribution < -0.4 is 0 Å². The zero-order valence-corrected chi connectivity index (χ0v) is 12.9. The minimum absolute atomic E-state index is 0.106. The summed E-state index contributed by atoms with van der Waals surface area (Å²) in [5.74, 6) is -0.433. The first kappa shape index (κ1) is 15.5. The predicted molar refractivity (Wildman–Crippen MR) is 76.0 cm³/mol. The van der Waals surface area contributed by atoms with Crippen molar-refractivity contribution in [3.05, 3.63) is 11.6 Å². The van der Waals surface area contributed by atoms with E-state index in [2.05, 4.69) is 15.2 Å². The monoisotopic (exact) mass is 294 g/mol. The van der Waals surface area contributed by atoms with Crippen LogP contribution in [-0.4, -0.2) is 50.2 Å². The number of aromatic nitrogens is 3. The van der Waals surface area contributed by atoms with Crippen LogP contribution >= 0.6 is 0 Å². The Hall–Kier alpha value is -1.92. The Morgan fingerprint density at radius 3 is 2.57 bits per heavy atom. The number of H-pyrrole nitrogens is 1. The largest absolute Gasteiger partial charge is 0.481 e. The third-order valence-corrected chi connectivity index (χ3v) is 3.89. The maximum Gasteiger partial charge on any atom is 0.311 e. The molecule has 1 fully saturated rings. The number of carboxylic acids is 1. The second-order valence-corrected chi connectivity index (χ2v) is 6.95. The van der Waals surface area contributed by atoms with Crippen molar-refractivity contribution in [2.75, 3.05) is 13.1 Å². The van der Waals surface area contributed by atoms with Gasteiger partial charge in [0.25, 0.3) is 5.91 Å². The van der Waals surface area contributed by atoms with Gasteiger partial charge < -0.3 is 10.0 Å². The van der Waals surface area contributed by atoms with Crippen molar-refractivity contribution in [1.82, 2.24) is 20.1 Å². The van der Waals surface area contributed by atoms with E-state index < -0.39 is 11.4 Å². The Labute approximate surface area is 123 Å². The molecule has 21 heavy (non-hydrogen) atoms. The third-order valence-electron chi connectivity index (χ3n) is 3.89. The number of rotatable bonds is 2. The maximum absolute atomic E-state index is 12.4. The number of aliphatic carboxylic acids is 1. The van der Waals surface area contributed by atoms with Gasteiger partial charge in [-0.3, -0.25) is 14.7 Å². The molecule has 1 aromatic rings. The van der Waals surface area contributed by atoms with Gasteiger partial charge in [0.2, 0.25) is 5.82 Å². The van der Waals surface area contributed by atoms with Crippen LogP contribution in [0.5, 0.6) is 0 Å². The summed E-state index contributed by atoms with van der Waals surface area (Å²) in [5.41, 5.74) is -1.11. The Morgan fingerprint density at radius 2 is 2.05 bits per heavy atom. The topological polar surface area (TPSA) is 99.2 Å². The van der Waals surface area contributed by atoms with E-state index in [0.717, 1.165) is 0 Å². The van der Waals surface area contributed by atoms with E-state index in [0.29, 0.717) is 25.2 Å². The fourth-order valence-electron chi connectivity index (χ4n) is 2.42. The Bertz CT molecular complexity index is 561. The molecule has 0 radical (unpaired) electrons. The van der Waals surface area contributed by atoms with Crippen LogP contribution in [-0.2, 0) is 10.2 Å². The highest BCUT2D eigenvalue weighted by atomic mass is 16.4. The normalized spacial score (nSPS) is 23.1. The minimum Gasteiger partial charge on any atom is -0.481 e. The van der Waals surface area contributed by atoms with Crippen LogP contribution in [0.2, 0.25) is 0 Å². The van der Waals surface area contributed by atoms with Crippen LogP contribution in [0, 0.1) is 5.41 Å². The molecule has 1 amide bonds. The number of aromatic amines is 1. The number of likely N-dealkylation sites (tertiary alicyclic amines) is 1. The summed E-state index contributed by atoms with van der Waals surface area (Å²) in [4.78, 5) is 29.6. The second kappa shape index (κ2) is 5.13. The number of nitrogens with one attached hydrogen (secondary N) is 1. The van der Waals surface area contributed by atoms with Gasteiger partial charge in [0.15, 0.2) is 0 Å². The number of amides is 1. The molecule has 1 aliphatic rings. The SMILES string of the molecule is CC1(C(=O)O)CCCN(C(=O)c2n[nH]c(C(C)(C)C)n2)C1. The number of piperidine rings is 1. The Morgan fingerprint density at radius 1 is 1.38 bits per heavy atom. The van der Waals surface area contributed by atoms with Gasteiger partial charge in [-0.1, -0.05) is 20.8 Å². The molecular weight excluding hydrogens is 272 g/mol. The highest BCUT2D eigenvalue weighted by Crippen LogP contribution is 2.30. The van der Waals surface area contributed by atoms with Crippen LogP contribution in [0.15, 0.2) is 0 Å². The lowest BCUT2D eigenvalue weighted by atomic mass is 9.82. The van der Waals surface area contributed by atoms with Crippen LogP contribution in [0.25, 0.3) is 0 Å². The fourth-order valence-corrected chi connectivity index (χ4v) is 2.42. The molecule has 1 aliphatic heterocycles. The highest BCUT2D eigenvalue weighted by molar-refractivity contribution is 5.91. The molecule has 1 saturated heterocycles. The van der Waals surface area contributed by atoms with E-state index in [1.807, 2.05) is 20.8 Å². The van der Waals surface area contributed by atoms with Crippen molar-refractivity contribution in [2.24, 2.45) is 5.41 Å². The molecule has 7 heteroatoms. The van der Waals surface area contributed by atoms with Crippen LogP contribution in [0.3, 0.4) is 0 Å².